The third-order valence-corrected chi connectivity index (χ3v) is 11.5. The normalized spacial score (nSPS) is 15.3. The van der Waals surface area contributed by atoms with Crippen molar-refractivity contribution >= 4 is 46.1 Å². The maximum absolute atomic E-state index is 17.2. The third-order valence-electron chi connectivity index (χ3n) is 11.2. The summed E-state index contributed by atoms with van der Waals surface area (Å²) in [6.07, 6.45) is 9.61. The molecule has 0 saturated heterocycles. The second-order valence-electron chi connectivity index (χ2n) is 15.4. The number of hydrogen-bond acceptors (Lipinski definition) is 6. The van der Waals surface area contributed by atoms with Gasteiger partial charge in [0, 0.05) is 66.7 Å². The molecule has 316 valence electrons. The molecule has 1 unspecified atom stereocenters. The van der Waals surface area contributed by atoms with E-state index in [4.69, 9.17) is 21.1 Å². The largest absolute Gasteiger partial charge is 0.478 e. The van der Waals surface area contributed by atoms with Crippen LogP contribution in [0.3, 0.4) is 0 Å². The van der Waals surface area contributed by atoms with Crippen molar-refractivity contribution in [3.63, 3.8) is 0 Å². The van der Waals surface area contributed by atoms with Gasteiger partial charge in [-0.2, -0.15) is 0 Å². The Morgan fingerprint density at radius 2 is 1.42 bits per heavy atom. The number of benzene rings is 4. The van der Waals surface area contributed by atoms with Crippen molar-refractivity contribution in [1.29, 1.82) is 0 Å². The highest BCUT2D eigenvalue weighted by Gasteiger charge is 2.42. The number of amides is 1. The summed E-state index contributed by atoms with van der Waals surface area (Å²) < 4.78 is 60.3. The third kappa shape index (κ3) is 9.33. The summed E-state index contributed by atoms with van der Waals surface area (Å²) in [6, 6.07) is 24.7. The fourth-order valence-corrected chi connectivity index (χ4v) is 8.06. The van der Waals surface area contributed by atoms with Crippen LogP contribution in [0.5, 0.6) is 0 Å². The number of allylic oxidation sites excluding steroid dienone is 3. The molecule has 0 radical (unpaired) electrons. The SMILES string of the molecule is CN(c1ccccc1)c1ccc2c(c1)C(C)(C)C1=CC(N(C)c3ccccc3)C=CC1=C2c1c(F)c(C(=O)NCCOCCOCCCCCCCl)c(F)c(F)c1C(=O)O. The topological polar surface area (TPSA) is 91.3 Å². The number of ether oxygens (including phenoxy) is 2. The molecule has 0 spiro atoms. The van der Waals surface area contributed by atoms with Crippen LogP contribution >= 0.6 is 11.6 Å². The van der Waals surface area contributed by atoms with Crippen molar-refractivity contribution in [2.45, 2.75) is 51.0 Å². The van der Waals surface area contributed by atoms with Crippen molar-refractivity contribution in [2.24, 2.45) is 0 Å². The molecule has 0 fully saturated rings. The van der Waals surface area contributed by atoms with E-state index in [1.54, 1.807) is 12.1 Å². The van der Waals surface area contributed by atoms with E-state index in [1.807, 2.05) is 118 Å². The number of unbranched alkanes of at least 4 members (excludes halogenated alkanes) is 3. The number of carbonyl (C=O) groups excluding carboxylic acids is 1. The Labute approximate surface area is 354 Å². The van der Waals surface area contributed by atoms with Gasteiger partial charge in [-0.3, -0.25) is 4.79 Å². The maximum atomic E-state index is 17.2. The molecule has 0 aliphatic heterocycles. The zero-order valence-electron chi connectivity index (χ0n) is 34.4. The van der Waals surface area contributed by atoms with Crippen LogP contribution in [0.4, 0.5) is 30.2 Å². The first kappa shape index (κ1) is 44.2. The fraction of sp³-hybridized carbons (Fsp3) is 0.333. The summed E-state index contributed by atoms with van der Waals surface area (Å²) in [5.74, 6) is -7.72. The number of halogens is 4. The molecule has 2 aliphatic rings. The number of fused-ring (bicyclic) bond motifs is 2. The van der Waals surface area contributed by atoms with Gasteiger partial charge in [-0.15, -0.1) is 11.6 Å². The number of rotatable bonds is 19. The van der Waals surface area contributed by atoms with Gasteiger partial charge in [0.15, 0.2) is 11.6 Å². The van der Waals surface area contributed by atoms with Crippen molar-refractivity contribution in [1.82, 2.24) is 5.32 Å². The number of carbonyl (C=O) groups is 2. The van der Waals surface area contributed by atoms with Gasteiger partial charge in [0.2, 0.25) is 0 Å². The van der Waals surface area contributed by atoms with Crippen LogP contribution in [0.15, 0.2) is 108 Å². The Morgan fingerprint density at radius 3 is 2.08 bits per heavy atom. The van der Waals surface area contributed by atoms with E-state index in [9.17, 15) is 14.7 Å². The molecule has 4 aromatic carbocycles. The maximum Gasteiger partial charge on any atom is 0.339 e. The summed E-state index contributed by atoms with van der Waals surface area (Å²) in [7, 11) is 3.86. The Morgan fingerprint density at radius 1 is 0.783 bits per heavy atom. The monoisotopic (exact) mass is 841 g/mol. The van der Waals surface area contributed by atoms with Gasteiger partial charge < -0.3 is 29.7 Å². The molecule has 6 rings (SSSR count). The molecule has 2 aliphatic carbocycles. The Balaban J connectivity index is 1.39. The van der Waals surface area contributed by atoms with Crippen LogP contribution in [-0.4, -0.2) is 76.0 Å². The highest BCUT2D eigenvalue weighted by atomic mass is 35.5. The zero-order chi connectivity index (χ0) is 43.0. The number of aromatic carboxylic acids is 1. The minimum Gasteiger partial charge on any atom is -0.478 e. The van der Waals surface area contributed by atoms with Gasteiger partial charge in [-0.1, -0.05) is 87.4 Å². The van der Waals surface area contributed by atoms with E-state index < -0.39 is 51.4 Å². The quantitative estimate of drug-likeness (QED) is 0.0552. The molecule has 0 saturated carbocycles. The van der Waals surface area contributed by atoms with Gasteiger partial charge in [0.05, 0.1) is 25.9 Å². The summed E-state index contributed by atoms with van der Waals surface area (Å²) in [5, 5.41) is 12.9. The summed E-state index contributed by atoms with van der Waals surface area (Å²) >= 11 is 5.70. The lowest BCUT2D eigenvalue weighted by atomic mass is 9.63. The first-order valence-corrected chi connectivity index (χ1v) is 20.7. The summed E-state index contributed by atoms with van der Waals surface area (Å²) in [4.78, 5) is 30.5. The summed E-state index contributed by atoms with van der Waals surface area (Å²) in [6.45, 7) is 5.02. The van der Waals surface area contributed by atoms with Crippen molar-refractivity contribution < 1.29 is 37.3 Å². The Bertz CT molecular complexity index is 2280. The molecule has 1 amide bonds. The van der Waals surface area contributed by atoms with Gasteiger partial charge in [0.25, 0.3) is 5.91 Å². The lowest BCUT2D eigenvalue weighted by Gasteiger charge is -2.42. The average Bonchev–Trinajstić information content (AvgIpc) is 3.25. The predicted molar refractivity (Wildman–Crippen MR) is 232 cm³/mol. The molecule has 12 heteroatoms. The Hall–Kier alpha value is -5.36. The summed E-state index contributed by atoms with van der Waals surface area (Å²) in [5.41, 5.74) is 1.03. The lowest BCUT2D eigenvalue weighted by molar-refractivity contribution is 0.0468. The number of nitrogens with one attached hydrogen (secondary N) is 1. The minimum absolute atomic E-state index is 0.00826. The van der Waals surface area contributed by atoms with E-state index in [-0.39, 0.29) is 31.4 Å². The van der Waals surface area contributed by atoms with E-state index in [2.05, 4.69) is 10.2 Å². The van der Waals surface area contributed by atoms with Crippen LogP contribution in [0.1, 0.15) is 76.9 Å². The molecular formula is C48H51ClF3N3O5. The molecule has 1 atom stereocenters. The van der Waals surface area contributed by atoms with E-state index in [1.165, 1.54) is 0 Å². The number of hydrogen-bond donors (Lipinski definition) is 2. The highest BCUT2D eigenvalue weighted by Crippen LogP contribution is 2.52. The van der Waals surface area contributed by atoms with Gasteiger partial charge >= 0.3 is 5.97 Å². The van der Waals surface area contributed by atoms with E-state index >= 15 is 13.2 Å². The molecule has 60 heavy (non-hydrogen) atoms. The average molecular weight is 842 g/mol. The number of anilines is 3. The van der Waals surface area contributed by atoms with Crippen molar-refractivity contribution in [3.05, 3.63) is 154 Å². The molecule has 2 N–H and O–H groups in total. The van der Waals surface area contributed by atoms with Crippen LogP contribution < -0.4 is 15.1 Å². The number of alkyl halides is 1. The molecule has 8 nitrogen and oxygen atoms in total. The second kappa shape index (κ2) is 19.8. The molecular weight excluding hydrogens is 791 g/mol. The van der Waals surface area contributed by atoms with Gasteiger partial charge in [0.1, 0.15) is 16.9 Å². The van der Waals surface area contributed by atoms with Crippen molar-refractivity contribution in [3.8, 4) is 0 Å². The molecule has 0 heterocycles. The lowest BCUT2D eigenvalue weighted by Crippen LogP contribution is -2.35. The smallest absolute Gasteiger partial charge is 0.339 e. The number of para-hydroxylation sites is 2. The van der Waals surface area contributed by atoms with Crippen LogP contribution in [-0.2, 0) is 14.9 Å². The van der Waals surface area contributed by atoms with Gasteiger partial charge in [-0.05, 0) is 71.5 Å². The van der Waals surface area contributed by atoms with E-state index in [0.717, 1.165) is 48.3 Å². The number of carboxylic acids is 1. The first-order chi connectivity index (χ1) is 28.9. The van der Waals surface area contributed by atoms with Crippen LogP contribution in [0.25, 0.3) is 5.57 Å². The van der Waals surface area contributed by atoms with Gasteiger partial charge in [-0.25, -0.2) is 18.0 Å². The molecule has 4 aromatic rings. The fourth-order valence-electron chi connectivity index (χ4n) is 7.87. The predicted octanol–water partition coefficient (Wildman–Crippen LogP) is 10.2. The highest BCUT2D eigenvalue weighted by molar-refractivity contribution is 6.17. The molecule has 0 aromatic heterocycles. The van der Waals surface area contributed by atoms with Crippen molar-refractivity contribution in [2.75, 3.05) is 62.7 Å². The number of likely N-dealkylation sites (N-methyl/N-ethyl adjacent to an activating group) is 1. The van der Waals surface area contributed by atoms with Crippen LogP contribution in [0.2, 0.25) is 0 Å². The molecule has 0 bridgehead atoms. The first-order valence-electron chi connectivity index (χ1n) is 20.2. The van der Waals surface area contributed by atoms with E-state index in [0.29, 0.717) is 35.8 Å². The number of carboxylic acid groups (broad SMARTS) is 1. The standard InChI is InChI=1S/C48H51ClF3N3O5/c1-48(2)37-29-33(54(3)31-15-9-7-10-16-31)19-21-35(37)39(36-22-20-34(30-38(36)48)55(4)32-17-11-8-12-18-32)40-41(47(57)58)44(51)45(52)42(43(40)50)46(56)53-24-26-60-28-27-59-25-14-6-5-13-23-49/h7-12,15-22,29-30,33H,5-6,13-14,23-28H2,1-4H3,(H,53,56)(H,57,58). The Kier molecular flexibility index (Phi) is 14.6. The zero-order valence-corrected chi connectivity index (χ0v) is 35.1. The number of nitrogens with zero attached hydrogens (tertiary/aromatic N) is 2. The van der Waals surface area contributed by atoms with Crippen LogP contribution in [0, 0.1) is 17.5 Å². The second-order valence-corrected chi connectivity index (χ2v) is 15.7. The minimum atomic E-state index is -1.90.